The Hall–Kier alpha value is -3.32. The van der Waals surface area contributed by atoms with Crippen LogP contribution in [-0.4, -0.2) is 27.2 Å². The maximum absolute atomic E-state index is 12.4. The number of benzene rings is 2. The Morgan fingerprint density at radius 1 is 1.09 bits per heavy atom. The van der Waals surface area contributed by atoms with Gasteiger partial charge in [0.1, 0.15) is 0 Å². The summed E-state index contributed by atoms with van der Waals surface area (Å²) in [4.78, 5) is 12.4. The molecule has 2 heterocycles. The van der Waals surface area contributed by atoms with Crippen molar-refractivity contribution >= 4 is 17.7 Å². The molecule has 0 saturated heterocycles. The van der Waals surface area contributed by atoms with E-state index in [1.54, 1.807) is 18.0 Å². The van der Waals surface area contributed by atoms with Crippen molar-refractivity contribution in [1.82, 2.24) is 20.1 Å². The van der Waals surface area contributed by atoms with Crippen LogP contribution in [0, 0.1) is 12.8 Å². The summed E-state index contributed by atoms with van der Waals surface area (Å²) in [5.41, 5.74) is 3.84. The van der Waals surface area contributed by atoms with Crippen LogP contribution in [-0.2, 0) is 5.75 Å². The molecule has 164 valence electrons. The summed E-state index contributed by atoms with van der Waals surface area (Å²) in [6.07, 6.45) is 1.63. The SMILES string of the molecule is Cc1cccc(-n2c(SCc3cccc(C(=O)NCC(C)C)c3)nnc2-c2ccco2)c1. The lowest BCUT2D eigenvalue weighted by Crippen LogP contribution is -2.27. The molecule has 0 atom stereocenters. The lowest BCUT2D eigenvalue weighted by Gasteiger charge is -2.11. The molecule has 0 aliphatic heterocycles. The summed E-state index contributed by atoms with van der Waals surface area (Å²) >= 11 is 1.57. The number of nitrogens with one attached hydrogen (secondary N) is 1. The third-order valence-electron chi connectivity index (χ3n) is 4.86. The smallest absolute Gasteiger partial charge is 0.251 e. The number of carbonyl (C=O) groups is 1. The average molecular weight is 447 g/mol. The molecule has 32 heavy (non-hydrogen) atoms. The third-order valence-corrected chi connectivity index (χ3v) is 5.86. The summed E-state index contributed by atoms with van der Waals surface area (Å²) in [5.74, 6) is 2.34. The molecule has 4 aromatic rings. The number of furan rings is 1. The van der Waals surface area contributed by atoms with Gasteiger partial charge in [0, 0.05) is 17.9 Å². The second kappa shape index (κ2) is 9.87. The first-order chi connectivity index (χ1) is 15.5. The number of rotatable bonds is 8. The van der Waals surface area contributed by atoms with Crippen molar-refractivity contribution in [3.63, 3.8) is 0 Å². The number of aryl methyl sites for hydroxylation is 1. The Labute approximate surface area is 192 Å². The third kappa shape index (κ3) is 5.11. The molecule has 7 heteroatoms. The van der Waals surface area contributed by atoms with Crippen molar-refractivity contribution < 1.29 is 9.21 Å². The quantitative estimate of drug-likeness (QED) is 0.361. The summed E-state index contributed by atoms with van der Waals surface area (Å²) in [7, 11) is 0. The number of nitrogens with zero attached hydrogens (tertiary/aromatic N) is 3. The van der Waals surface area contributed by atoms with Crippen molar-refractivity contribution in [3.8, 4) is 17.3 Å². The maximum Gasteiger partial charge on any atom is 0.251 e. The van der Waals surface area contributed by atoms with E-state index in [2.05, 4.69) is 48.4 Å². The number of amides is 1. The van der Waals surface area contributed by atoms with Crippen molar-refractivity contribution in [2.24, 2.45) is 5.92 Å². The van der Waals surface area contributed by atoms with E-state index in [0.29, 0.717) is 35.4 Å². The minimum atomic E-state index is -0.0476. The van der Waals surface area contributed by atoms with Crippen LogP contribution in [0.15, 0.2) is 76.5 Å². The van der Waals surface area contributed by atoms with Crippen molar-refractivity contribution in [3.05, 3.63) is 83.6 Å². The first-order valence-electron chi connectivity index (χ1n) is 10.6. The normalized spacial score (nSPS) is 11.1. The Morgan fingerprint density at radius 3 is 2.69 bits per heavy atom. The molecule has 2 aromatic carbocycles. The van der Waals surface area contributed by atoms with E-state index in [0.717, 1.165) is 22.0 Å². The number of hydrogen-bond donors (Lipinski definition) is 1. The van der Waals surface area contributed by atoms with Gasteiger partial charge >= 0.3 is 0 Å². The number of thioether (sulfide) groups is 1. The van der Waals surface area contributed by atoms with Crippen molar-refractivity contribution in [1.29, 1.82) is 0 Å². The highest BCUT2D eigenvalue weighted by molar-refractivity contribution is 7.98. The Bertz CT molecular complexity index is 1200. The Kier molecular flexibility index (Phi) is 6.75. The largest absolute Gasteiger partial charge is 0.461 e. The Morgan fingerprint density at radius 2 is 1.94 bits per heavy atom. The van der Waals surface area contributed by atoms with Gasteiger partial charge in [0.05, 0.1) is 12.0 Å². The standard InChI is InChI=1S/C25H26N4O2S/c1-17(2)15-26-24(30)20-9-5-8-19(14-20)16-32-25-28-27-23(22-11-6-12-31-22)29(25)21-10-4-7-18(3)13-21/h4-14,17H,15-16H2,1-3H3,(H,26,30). The molecule has 6 nitrogen and oxygen atoms in total. The van der Waals surface area contributed by atoms with Gasteiger partial charge in [-0.3, -0.25) is 9.36 Å². The van der Waals surface area contributed by atoms with Gasteiger partial charge in [0.25, 0.3) is 5.91 Å². The van der Waals surface area contributed by atoms with E-state index in [1.807, 2.05) is 53.1 Å². The molecular formula is C25H26N4O2S. The van der Waals surface area contributed by atoms with Crippen LogP contribution in [0.3, 0.4) is 0 Å². The highest BCUT2D eigenvalue weighted by Gasteiger charge is 2.18. The van der Waals surface area contributed by atoms with Crippen molar-refractivity contribution in [2.45, 2.75) is 31.7 Å². The summed E-state index contributed by atoms with van der Waals surface area (Å²) in [5, 5.41) is 12.6. The Balaban J connectivity index is 1.58. The maximum atomic E-state index is 12.4. The first kappa shape index (κ1) is 21.9. The van der Waals surface area contributed by atoms with E-state index in [1.165, 1.54) is 0 Å². The molecule has 0 aliphatic rings. The van der Waals surface area contributed by atoms with Crippen LogP contribution in [0.25, 0.3) is 17.3 Å². The van der Waals surface area contributed by atoms with Crippen LogP contribution >= 0.6 is 11.8 Å². The molecule has 0 spiro atoms. The minimum absolute atomic E-state index is 0.0476. The van der Waals surface area contributed by atoms with Crippen LogP contribution in [0.1, 0.15) is 35.3 Å². The molecule has 1 amide bonds. The molecule has 0 fully saturated rings. The molecule has 2 aromatic heterocycles. The lowest BCUT2D eigenvalue weighted by molar-refractivity contribution is 0.0949. The summed E-state index contributed by atoms with van der Waals surface area (Å²) in [6, 6.07) is 19.6. The fourth-order valence-electron chi connectivity index (χ4n) is 3.28. The van der Waals surface area contributed by atoms with E-state index >= 15 is 0 Å². The molecule has 0 aliphatic carbocycles. The van der Waals surface area contributed by atoms with Crippen LogP contribution in [0.4, 0.5) is 0 Å². The van der Waals surface area contributed by atoms with Gasteiger partial charge in [-0.2, -0.15) is 0 Å². The van der Waals surface area contributed by atoms with E-state index in [-0.39, 0.29) is 5.91 Å². The molecular weight excluding hydrogens is 420 g/mol. The molecule has 0 unspecified atom stereocenters. The van der Waals surface area contributed by atoms with Crippen molar-refractivity contribution in [2.75, 3.05) is 6.54 Å². The number of aromatic nitrogens is 3. The molecule has 0 saturated carbocycles. The van der Waals surface area contributed by atoms with Gasteiger partial charge in [-0.1, -0.05) is 49.9 Å². The first-order valence-corrected chi connectivity index (χ1v) is 11.6. The second-order valence-electron chi connectivity index (χ2n) is 8.05. The van der Waals surface area contributed by atoms with Gasteiger partial charge in [-0.15, -0.1) is 10.2 Å². The lowest BCUT2D eigenvalue weighted by atomic mass is 10.1. The van der Waals surface area contributed by atoms with Gasteiger partial charge in [0.15, 0.2) is 10.9 Å². The van der Waals surface area contributed by atoms with Crippen LogP contribution in [0.2, 0.25) is 0 Å². The van der Waals surface area contributed by atoms with Crippen LogP contribution < -0.4 is 5.32 Å². The topological polar surface area (TPSA) is 73.0 Å². The average Bonchev–Trinajstić information content (AvgIpc) is 3.46. The zero-order chi connectivity index (χ0) is 22.5. The van der Waals surface area contributed by atoms with Gasteiger partial charge in [-0.05, 0) is 60.4 Å². The molecule has 1 N–H and O–H groups in total. The summed E-state index contributed by atoms with van der Waals surface area (Å²) in [6.45, 7) is 6.87. The van der Waals surface area contributed by atoms with Gasteiger partial charge < -0.3 is 9.73 Å². The van der Waals surface area contributed by atoms with Gasteiger partial charge in [-0.25, -0.2) is 0 Å². The molecule has 4 rings (SSSR count). The van der Waals surface area contributed by atoms with Crippen LogP contribution in [0.5, 0.6) is 0 Å². The van der Waals surface area contributed by atoms with Gasteiger partial charge in [0.2, 0.25) is 5.82 Å². The molecule has 0 radical (unpaired) electrons. The number of hydrogen-bond acceptors (Lipinski definition) is 5. The zero-order valence-corrected chi connectivity index (χ0v) is 19.2. The fraction of sp³-hybridized carbons (Fsp3) is 0.240. The second-order valence-corrected chi connectivity index (χ2v) is 8.99. The molecule has 0 bridgehead atoms. The highest BCUT2D eigenvalue weighted by atomic mass is 32.2. The summed E-state index contributed by atoms with van der Waals surface area (Å²) < 4.78 is 7.60. The monoisotopic (exact) mass is 446 g/mol. The zero-order valence-electron chi connectivity index (χ0n) is 18.4. The van der Waals surface area contributed by atoms with E-state index < -0.39 is 0 Å². The predicted molar refractivity (Wildman–Crippen MR) is 127 cm³/mol. The van der Waals surface area contributed by atoms with E-state index in [9.17, 15) is 4.79 Å². The fourth-order valence-corrected chi connectivity index (χ4v) is 4.17. The predicted octanol–water partition coefficient (Wildman–Crippen LogP) is 5.51. The minimum Gasteiger partial charge on any atom is -0.461 e. The van der Waals surface area contributed by atoms with E-state index in [4.69, 9.17) is 4.42 Å². The number of carbonyl (C=O) groups excluding carboxylic acids is 1. The highest BCUT2D eigenvalue weighted by Crippen LogP contribution is 2.30.